The van der Waals surface area contributed by atoms with Crippen LogP contribution in [0.2, 0.25) is 0 Å². The van der Waals surface area contributed by atoms with Crippen molar-refractivity contribution in [2.24, 2.45) is 0 Å². The van der Waals surface area contributed by atoms with E-state index in [0.717, 1.165) is 0 Å². The Labute approximate surface area is 91.6 Å². The quantitative estimate of drug-likeness (QED) is 0.789. The van der Waals surface area contributed by atoms with Crippen LogP contribution >= 0.6 is 0 Å². The zero-order valence-electron chi connectivity index (χ0n) is 8.63. The average Bonchev–Trinajstić information content (AvgIpc) is 2.30. The summed E-state index contributed by atoms with van der Waals surface area (Å²) in [4.78, 5) is 15.5. The third-order valence-electron chi connectivity index (χ3n) is 2.38. The molecule has 2 rings (SSSR count). The maximum absolute atomic E-state index is 11.7. The Hall–Kier alpha value is -1.88. The number of hydrogen-bond acceptors (Lipinski definition) is 4. The molecular formula is C11H12N2O3. The number of aromatic hydroxyl groups is 1. The number of aryl methyl sites for hydroxylation is 1. The van der Waals surface area contributed by atoms with Gasteiger partial charge in [-0.3, -0.25) is 4.79 Å². The van der Waals surface area contributed by atoms with Gasteiger partial charge < -0.3 is 14.8 Å². The maximum atomic E-state index is 11.7. The minimum Gasteiger partial charge on any atom is -0.489 e. The van der Waals surface area contributed by atoms with E-state index in [-0.39, 0.29) is 6.61 Å². The minimum absolute atomic E-state index is 0.00382. The first kappa shape index (κ1) is 10.6. The Bertz CT molecular complexity index is 563. The molecule has 0 unspecified atom stereocenters. The lowest BCUT2D eigenvalue weighted by Crippen LogP contribution is -2.21. The van der Waals surface area contributed by atoms with Crippen molar-refractivity contribution in [1.82, 2.24) is 9.55 Å². The Balaban J connectivity index is 2.66. The van der Waals surface area contributed by atoms with Crippen LogP contribution in [0.25, 0.3) is 11.0 Å². The van der Waals surface area contributed by atoms with Crippen LogP contribution < -0.4 is 5.56 Å². The highest BCUT2D eigenvalue weighted by molar-refractivity contribution is 5.74. The first-order valence-corrected chi connectivity index (χ1v) is 5.03. The summed E-state index contributed by atoms with van der Waals surface area (Å²) in [6, 6.07) is 7.08. The van der Waals surface area contributed by atoms with E-state index in [2.05, 4.69) is 4.98 Å². The smallest absolute Gasteiger partial charge is 0.313 e. The fourth-order valence-corrected chi connectivity index (χ4v) is 1.63. The molecule has 84 valence electrons. The Morgan fingerprint density at radius 1 is 1.31 bits per heavy atom. The van der Waals surface area contributed by atoms with Gasteiger partial charge in [0, 0.05) is 13.2 Å². The van der Waals surface area contributed by atoms with E-state index in [4.69, 9.17) is 5.11 Å². The predicted molar refractivity (Wildman–Crippen MR) is 59.4 cm³/mol. The van der Waals surface area contributed by atoms with E-state index in [1.165, 1.54) is 4.57 Å². The molecule has 1 aromatic heterocycles. The van der Waals surface area contributed by atoms with Gasteiger partial charge in [-0.05, 0) is 18.6 Å². The summed E-state index contributed by atoms with van der Waals surface area (Å²) in [5.41, 5.74) is 0.712. The predicted octanol–water partition coefficient (Wildman–Crippen LogP) is 0.484. The van der Waals surface area contributed by atoms with E-state index >= 15 is 0 Å². The molecule has 1 aromatic carbocycles. The number of rotatable bonds is 3. The molecule has 0 saturated carbocycles. The summed E-state index contributed by atoms with van der Waals surface area (Å²) in [5, 5.41) is 18.2. The van der Waals surface area contributed by atoms with Crippen molar-refractivity contribution in [3.05, 3.63) is 34.6 Å². The van der Waals surface area contributed by atoms with E-state index in [1.54, 1.807) is 24.3 Å². The van der Waals surface area contributed by atoms with Crippen LogP contribution in [-0.4, -0.2) is 26.4 Å². The molecule has 0 fully saturated rings. The molecular weight excluding hydrogens is 208 g/mol. The minimum atomic E-state index is -0.521. The number of aliphatic hydroxyl groups is 1. The number of aliphatic hydroxyl groups excluding tert-OH is 1. The molecule has 0 bridgehead atoms. The average molecular weight is 220 g/mol. The number of hydrogen-bond donors (Lipinski definition) is 2. The van der Waals surface area contributed by atoms with Crippen molar-refractivity contribution in [2.75, 3.05) is 6.61 Å². The second-order valence-corrected chi connectivity index (χ2v) is 3.46. The number of para-hydroxylation sites is 2. The van der Waals surface area contributed by atoms with E-state index in [1.807, 2.05) is 0 Å². The van der Waals surface area contributed by atoms with Gasteiger partial charge in [-0.15, -0.1) is 0 Å². The molecule has 0 aliphatic rings. The van der Waals surface area contributed by atoms with Gasteiger partial charge in [-0.1, -0.05) is 12.1 Å². The van der Waals surface area contributed by atoms with E-state index in [0.29, 0.717) is 24.0 Å². The molecule has 0 saturated heterocycles. The van der Waals surface area contributed by atoms with Gasteiger partial charge in [0.1, 0.15) is 0 Å². The molecule has 0 atom stereocenters. The highest BCUT2D eigenvalue weighted by Crippen LogP contribution is 2.12. The third-order valence-corrected chi connectivity index (χ3v) is 2.38. The van der Waals surface area contributed by atoms with Gasteiger partial charge in [0.05, 0.1) is 11.0 Å². The zero-order chi connectivity index (χ0) is 11.5. The molecule has 2 N–H and O–H groups in total. The molecule has 5 heteroatoms. The summed E-state index contributed by atoms with van der Waals surface area (Å²) >= 11 is 0. The van der Waals surface area contributed by atoms with Crippen molar-refractivity contribution < 1.29 is 10.2 Å². The van der Waals surface area contributed by atoms with Crippen LogP contribution in [0.4, 0.5) is 0 Å². The lowest BCUT2D eigenvalue weighted by molar-refractivity contribution is 0.279. The highest BCUT2D eigenvalue weighted by atomic mass is 16.3. The van der Waals surface area contributed by atoms with Gasteiger partial charge in [0.25, 0.3) is 5.88 Å². The maximum Gasteiger partial charge on any atom is 0.313 e. The van der Waals surface area contributed by atoms with Gasteiger partial charge in [-0.25, -0.2) is 4.98 Å². The van der Waals surface area contributed by atoms with Crippen LogP contribution in [0.15, 0.2) is 29.1 Å². The van der Waals surface area contributed by atoms with Crippen molar-refractivity contribution in [2.45, 2.75) is 13.0 Å². The second-order valence-electron chi connectivity index (χ2n) is 3.46. The number of fused-ring (bicyclic) bond motifs is 1. The monoisotopic (exact) mass is 220 g/mol. The van der Waals surface area contributed by atoms with Crippen LogP contribution in [-0.2, 0) is 6.54 Å². The van der Waals surface area contributed by atoms with E-state index in [9.17, 15) is 9.90 Å². The van der Waals surface area contributed by atoms with Crippen molar-refractivity contribution in [3.8, 4) is 5.88 Å². The molecule has 0 aliphatic carbocycles. The SMILES string of the molecule is O=c1c(O)nc2ccccc2n1CCCO. The normalized spacial score (nSPS) is 10.8. The van der Waals surface area contributed by atoms with Gasteiger partial charge >= 0.3 is 5.56 Å². The highest BCUT2D eigenvalue weighted by Gasteiger charge is 2.08. The van der Waals surface area contributed by atoms with Crippen molar-refractivity contribution >= 4 is 11.0 Å². The lowest BCUT2D eigenvalue weighted by Gasteiger charge is -2.08. The van der Waals surface area contributed by atoms with Crippen molar-refractivity contribution in [1.29, 1.82) is 0 Å². The third kappa shape index (κ3) is 1.77. The first-order chi connectivity index (χ1) is 7.74. The molecule has 0 spiro atoms. The topological polar surface area (TPSA) is 75.3 Å². The van der Waals surface area contributed by atoms with Crippen LogP contribution in [0.5, 0.6) is 5.88 Å². The number of aromatic nitrogens is 2. The summed E-state index contributed by atoms with van der Waals surface area (Å²) in [6.07, 6.45) is 0.466. The Morgan fingerprint density at radius 2 is 2.06 bits per heavy atom. The molecule has 0 aliphatic heterocycles. The number of nitrogens with zero attached hydrogens (tertiary/aromatic N) is 2. The lowest BCUT2D eigenvalue weighted by atomic mass is 10.3. The van der Waals surface area contributed by atoms with Crippen LogP contribution in [0.1, 0.15) is 6.42 Å². The summed E-state index contributed by atoms with van der Waals surface area (Å²) < 4.78 is 1.42. The van der Waals surface area contributed by atoms with Crippen LogP contribution in [0, 0.1) is 0 Å². The molecule has 2 aromatic rings. The van der Waals surface area contributed by atoms with Crippen molar-refractivity contribution in [3.63, 3.8) is 0 Å². The fourth-order valence-electron chi connectivity index (χ4n) is 1.63. The van der Waals surface area contributed by atoms with Gasteiger partial charge in [0.15, 0.2) is 0 Å². The summed E-state index contributed by atoms with van der Waals surface area (Å²) in [6.45, 7) is 0.371. The summed E-state index contributed by atoms with van der Waals surface area (Å²) in [5.74, 6) is -0.503. The number of benzene rings is 1. The second kappa shape index (κ2) is 4.32. The zero-order valence-corrected chi connectivity index (χ0v) is 8.63. The van der Waals surface area contributed by atoms with E-state index < -0.39 is 11.4 Å². The summed E-state index contributed by atoms with van der Waals surface area (Å²) in [7, 11) is 0. The first-order valence-electron chi connectivity index (χ1n) is 5.03. The van der Waals surface area contributed by atoms with Crippen LogP contribution in [0.3, 0.4) is 0 Å². The van der Waals surface area contributed by atoms with Gasteiger partial charge in [0.2, 0.25) is 0 Å². The molecule has 0 radical (unpaired) electrons. The Kier molecular flexibility index (Phi) is 2.87. The molecule has 16 heavy (non-hydrogen) atoms. The fraction of sp³-hybridized carbons (Fsp3) is 0.273. The Morgan fingerprint density at radius 3 is 2.81 bits per heavy atom. The van der Waals surface area contributed by atoms with Gasteiger partial charge in [-0.2, -0.15) is 0 Å². The molecule has 1 heterocycles. The standard InChI is InChI=1S/C11H12N2O3/c14-7-3-6-13-9-5-2-1-4-8(9)12-10(15)11(13)16/h1-2,4-5,14H,3,6-7H2,(H,12,15). The molecule has 5 nitrogen and oxygen atoms in total. The molecule has 0 amide bonds. The largest absolute Gasteiger partial charge is 0.489 e.